The van der Waals surface area contributed by atoms with Gasteiger partial charge in [-0.2, -0.15) is 13.2 Å². The van der Waals surface area contributed by atoms with E-state index in [0.717, 1.165) is 17.7 Å². The molecule has 0 aliphatic carbocycles. The van der Waals surface area contributed by atoms with Crippen LogP contribution in [-0.4, -0.2) is 0 Å². The number of benzene rings is 2. The monoisotopic (exact) mass is 348 g/mol. The SMILES string of the molecule is FC(F)(F)c1cccc(-c2c(Cl)cccc2CBr)c1. The molecule has 0 saturated carbocycles. The van der Waals surface area contributed by atoms with E-state index in [-0.39, 0.29) is 0 Å². The average molecular weight is 350 g/mol. The van der Waals surface area contributed by atoms with Gasteiger partial charge in [-0.1, -0.05) is 51.8 Å². The van der Waals surface area contributed by atoms with Gasteiger partial charge in [-0.3, -0.25) is 0 Å². The Morgan fingerprint density at radius 3 is 2.37 bits per heavy atom. The predicted molar refractivity (Wildman–Crippen MR) is 74.5 cm³/mol. The van der Waals surface area contributed by atoms with E-state index in [4.69, 9.17) is 11.6 Å². The van der Waals surface area contributed by atoms with E-state index in [2.05, 4.69) is 15.9 Å². The summed E-state index contributed by atoms with van der Waals surface area (Å²) in [5, 5.41) is 0.968. The van der Waals surface area contributed by atoms with Gasteiger partial charge in [0.15, 0.2) is 0 Å². The van der Waals surface area contributed by atoms with Crippen LogP contribution in [0.4, 0.5) is 13.2 Å². The third kappa shape index (κ3) is 3.12. The van der Waals surface area contributed by atoms with Crippen LogP contribution in [0.1, 0.15) is 11.1 Å². The summed E-state index contributed by atoms with van der Waals surface area (Å²) >= 11 is 9.42. The van der Waals surface area contributed by atoms with Crippen molar-refractivity contribution in [1.82, 2.24) is 0 Å². The van der Waals surface area contributed by atoms with Crippen LogP contribution in [0.3, 0.4) is 0 Å². The molecule has 2 aromatic rings. The quantitative estimate of drug-likeness (QED) is 0.590. The first-order valence-electron chi connectivity index (χ1n) is 5.44. The molecule has 19 heavy (non-hydrogen) atoms. The zero-order valence-corrected chi connectivity index (χ0v) is 12.0. The Morgan fingerprint density at radius 2 is 1.74 bits per heavy atom. The highest BCUT2D eigenvalue weighted by molar-refractivity contribution is 9.08. The van der Waals surface area contributed by atoms with Crippen molar-refractivity contribution >= 4 is 27.5 Å². The smallest absolute Gasteiger partial charge is 0.166 e. The first-order valence-corrected chi connectivity index (χ1v) is 6.94. The van der Waals surface area contributed by atoms with Crippen LogP contribution >= 0.6 is 27.5 Å². The first kappa shape index (κ1) is 14.4. The van der Waals surface area contributed by atoms with Crippen molar-refractivity contribution in [2.24, 2.45) is 0 Å². The summed E-state index contributed by atoms with van der Waals surface area (Å²) in [6.07, 6.45) is -4.36. The van der Waals surface area contributed by atoms with Gasteiger partial charge < -0.3 is 0 Å². The minimum Gasteiger partial charge on any atom is -0.166 e. The lowest BCUT2D eigenvalue weighted by atomic mass is 9.98. The van der Waals surface area contributed by atoms with E-state index >= 15 is 0 Å². The van der Waals surface area contributed by atoms with Gasteiger partial charge in [0.1, 0.15) is 0 Å². The number of rotatable bonds is 2. The predicted octanol–water partition coefficient (Wildman–Crippen LogP) is 5.92. The second-order valence-corrected chi connectivity index (χ2v) is 4.95. The Morgan fingerprint density at radius 1 is 1.05 bits per heavy atom. The van der Waals surface area contributed by atoms with Crippen LogP contribution < -0.4 is 0 Å². The lowest BCUT2D eigenvalue weighted by Crippen LogP contribution is -2.04. The molecule has 0 atom stereocenters. The van der Waals surface area contributed by atoms with E-state index in [1.54, 1.807) is 18.2 Å². The normalized spacial score (nSPS) is 11.6. The van der Waals surface area contributed by atoms with Crippen molar-refractivity contribution in [1.29, 1.82) is 0 Å². The molecule has 0 aliphatic rings. The number of hydrogen-bond acceptors (Lipinski definition) is 0. The summed E-state index contributed by atoms with van der Waals surface area (Å²) in [7, 11) is 0. The van der Waals surface area contributed by atoms with Gasteiger partial charge in [0.2, 0.25) is 0 Å². The standard InChI is InChI=1S/C14H9BrClF3/c15-8-10-4-2-6-12(16)13(10)9-3-1-5-11(7-9)14(17,18)19/h1-7H,8H2. The summed E-state index contributed by atoms with van der Waals surface area (Å²) in [5.74, 6) is 0. The molecule has 0 heterocycles. The van der Waals surface area contributed by atoms with Gasteiger partial charge in [-0.25, -0.2) is 0 Å². The van der Waals surface area contributed by atoms with Crippen molar-refractivity contribution in [3.63, 3.8) is 0 Å². The fourth-order valence-corrected chi connectivity index (χ4v) is 2.62. The molecule has 0 radical (unpaired) electrons. The highest BCUT2D eigenvalue weighted by atomic mass is 79.9. The molecule has 0 N–H and O–H groups in total. The maximum atomic E-state index is 12.7. The fourth-order valence-electron chi connectivity index (χ4n) is 1.85. The molecule has 0 amide bonds. The van der Waals surface area contributed by atoms with Crippen LogP contribution in [0.25, 0.3) is 11.1 Å². The van der Waals surface area contributed by atoms with E-state index in [9.17, 15) is 13.2 Å². The van der Waals surface area contributed by atoms with Crippen LogP contribution in [0.2, 0.25) is 5.02 Å². The van der Waals surface area contributed by atoms with E-state index in [1.165, 1.54) is 6.07 Å². The molecule has 5 heteroatoms. The van der Waals surface area contributed by atoms with Crippen molar-refractivity contribution < 1.29 is 13.2 Å². The van der Waals surface area contributed by atoms with Crippen molar-refractivity contribution in [2.45, 2.75) is 11.5 Å². The van der Waals surface area contributed by atoms with Crippen molar-refractivity contribution in [2.75, 3.05) is 0 Å². The van der Waals surface area contributed by atoms with E-state index in [0.29, 0.717) is 21.5 Å². The second-order valence-electron chi connectivity index (χ2n) is 3.99. The lowest BCUT2D eigenvalue weighted by molar-refractivity contribution is -0.137. The molecule has 0 bridgehead atoms. The summed E-state index contributed by atoms with van der Waals surface area (Å²) in [6.45, 7) is 0. The van der Waals surface area contributed by atoms with Crippen molar-refractivity contribution in [3.05, 3.63) is 58.6 Å². The molecule has 0 spiro atoms. The van der Waals surface area contributed by atoms with Gasteiger partial charge in [0.05, 0.1) is 5.56 Å². The van der Waals surface area contributed by atoms with Crippen LogP contribution in [-0.2, 0) is 11.5 Å². The molecular weight excluding hydrogens is 341 g/mol. The zero-order valence-electron chi connectivity index (χ0n) is 9.64. The number of halogens is 5. The second kappa shape index (κ2) is 5.55. The molecule has 0 aromatic heterocycles. The third-order valence-corrected chi connectivity index (χ3v) is 3.64. The highest BCUT2D eigenvalue weighted by Crippen LogP contribution is 2.36. The first-order chi connectivity index (χ1) is 8.93. The third-order valence-electron chi connectivity index (χ3n) is 2.72. The molecule has 0 aliphatic heterocycles. The van der Waals surface area contributed by atoms with Gasteiger partial charge in [0.25, 0.3) is 0 Å². The molecule has 0 unspecified atom stereocenters. The Balaban J connectivity index is 2.60. The average Bonchev–Trinajstić information content (AvgIpc) is 2.37. The van der Waals surface area contributed by atoms with Crippen LogP contribution in [0.5, 0.6) is 0 Å². The van der Waals surface area contributed by atoms with Gasteiger partial charge >= 0.3 is 6.18 Å². The van der Waals surface area contributed by atoms with E-state index in [1.807, 2.05) is 6.07 Å². The molecule has 2 aromatic carbocycles. The van der Waals surface area contributed by atoms with Crippen LogP contribution in [0.15, 0.2) is 42.5 Å². The summed E-state index contributed by atoms with van der Waals surface area (Å²) in [5.41, 5.74) is 1.28. The van der Waals surface area contributed by atoms with Crippen molar-refractivity contribution in [3.8, 4) is 11.1 Å². The Labute approximate surface area is 122 Å². The summed E-state index contributed by atoms with van der Waals surface area (Å²) in [4.78, 5) is 0. The fraction of sp³-hybridized carbons (Fsp3) is 0.143. The molecule has 0 fully saturated rings. The van der Waals surface area contributed by atoms with Gasteiger partial charge in [-0.05, 0) is 29.3 Å². The lowest BCUT2D eigenvalue weighted by Gasteiger charge is -2.12. The summed E-state index contributed by atoms with van der Waals surface area (Å²) < 4.78 is 38.2. The highest BCUT2D eigenvalue weighted by Gasteiger charge is 2.30. The zero-order chi connectivity index (χ0) is 14.0. The Kier molecular flexibility index (Phi) is 4.21. The van der Waals surface area contributed by atoms with Gasteiger partial charge in [-0.15, -0.1) is 0 Å². The molecule has 0 nitrogen and oxygen atoms in total. The maximum Gasteiger partial charge on any atom is 0.416 e. The largest absolute Gasteiger partial charge is 0.416 e. The molecular formula is C14H9BrClF3. The summed E-state index contributed by atoms with van der Waals surface area (Å²) in [6, 6.07) is 10.5. The molecule has 100 valence electrons. The van der Waals surface area contributed by atoms with Crippen LogP contribution in [0, 0.1) is 0 Å². The molecule has 0 saturated heterocycles. The minimum absolute atomic E-state index is 0.441. The number of alkyl halides is 4. The van der Waals surface area contributed by atoms with E-state index < -0.39 is 11.7 Å². The van der Waals surface area contributed by atoms with Gasteiger partial charge in [0, 0.05) is 15.9 Å². The minimum atomic E-state index is -4.36. The maximum absolute atomic E-state index is 12.7. The topological polar surface area (TPSA) is 0 Å². The Hall–Kier alpha value is -1.00. The number of hydrogen-bond donors (Lipinski definition) is 0. The molecule has 2 rings (SSSR count). The Bertz CT molecular complexity index is 593.